The first-order chi connectivity index (χ1) is 14.8. The molecule has 0 radical (unpaired) electrons. The van der Waals surface area contributed by atoms with Crippen LogP contribution in [-0.2, 0) is 9.59 Å². The number of rotatable bonds is 6. The normalized spacial score (nSPS) is 20.1. The largest absolute Gasteiger partial charge is 0.507 e. The Hall–Kier alpha value is -3.16. The van der Waals surface area contributed by atoms with Crippen LogP contribution in [0.15, 0.2) is 62.9 Å². The highest BCUT2D eigenvalue weighted by molar-refractivity contribution is 6.57. The number of fused-ring (bicyclic) bond motifs is 2. The maximum atomic E-state index is 12.7. The molecule has 31 heavy (non-hydrogen) atoms. The number of ketones is 2. The fourth-order valence-corrected chi connectivity index (χ4v) is 4.03. The summed E-state index contributed by atoms with van der Waals surface area (Å²) in [5, 5.41) is 12.0. The molecule has 0 amide bonds. The number of carbonyl (C=O) groups excluding carboxylic acids is 2. The van der Waals surface area contributed by atoms with Crippen LogP contribution in [0.1, 0.15) is 12.8 Å². The zero-order valence-corrected chi connectivity index (χ0v) is 18.3. The van der Waals surface area contributed by atoms with E-state index in [1.54, 1.807) is 18.2 Å². The Morgan fingerprint density at radius 2 is 1.52 bits per heavy atom. The molecule has 0 saturated carbocycles. The topological polar surface area (TPSA) is 85.6 Å². The van der Waals surface area contributed by atoms with Gasteiger partial charge in [-0.05, 0) is 76.5 Å². The second-order valence-electron chi connectivity index (χ2n) is 8.44. The van der Waals surface area contributed by atoms with Crippen molar-refractivity contribution < 1.29 is 14.7 Å². The monoisotopic (exact) mass is 418 g/mol. The van der Waals surface area contributed by atoms with Crippen LogP contribution in [0.5, 0.6) is 5.75 Å². The number of aliphatic imine (C=N–C) groups is 1. The SMILES string of the molecule is CN(C)CCC1=C2C(=O)C(=O)C=CC2=NC1=C1N=c2cccc(O)c2=C1CCN(C)C. The molecule has 1 aromatic carbocycles. The molecule has 0 saturated heterocycles. The van der Waals surface area contributed by atoms with Crippen molar-refractivity contribution in [2.75, 3.05) is 41.3 Å². The number of carbonyl (C=O) groups is 2. The maximum Gasteiger partial charge on any atom is 0.235 e. The van der Waals surface area contributed by atoms with Gasteiger partial charge in [0.05, 0.1) is 28.0 Å². The summed E-state index contributed by atoms with van der Waals surface area (Å²) < 4.78 is 0. The number of Topliss-reactive ketones (excluding diaryl/α,β-unsaturated/α-hetero) is 1. The van der Waals surface area contributed by atoms with Gasteiger partial charge >= 0.3 is 0 Å². The molecule has 2 heterocycles. The lowest BCUT2D eigenvalue weighted by Crippen LogP contribution is -2.24. The van der Waals surface area contributed by atoms with Crippen LogP contribution < -0.4 is 10.6 Å². The Bertz CT molecular complexity index is 1230. The van der Waals surface area contributed by atoms with Crippen LogP contribution >= 0.6 is 0 Å². The Balaban J connectivity index is 1.96. The molecule has 1 N–H and O–H groups in total. The van der Waals surface area contributed by atoms with E-state index in [2.05, 4.69) is 4.90 Å². The van der Waals surface area contributed by atoms with Crippen LogP contribution in [0.2, 0.25) is 0 Å². The first kappa shape index (κ1) is 21.1. The zero-order chi connectivity index (χ0) is 22.3. The minimum Gasteiger partial charge on any atom is -0.507 e. The van der Waals surface area contributed by atoms with Crippen LogP contribution in [-0.4, -0.2) is 73.5 Å². The van der Waals surface area contributed by atoms with E-state index < -0.39 is 11.6 Å². The van der Waals surface area contributed by atoms with Crippen molar-refractivity contribution in [3.63, 3.8) is 0 Å². The molecule has 0 unspecified atom stereocenters. The molecule has 1 aliphatic carbocycles. The van der Waals surface area contributed by atoms with Gasteiger partial charge in [0.2, 0.25) is 11.6 Å². The van der Waals surface area contributed by atoms with E-state index in [-0.39, 0.29) is 5.75 Å². The average molecular weight is 418 g/mol. The average Bonchev–Trinajstić information content (AvgIpc) is 3.26. The maximum absolute atomic E-state index is 12.7. The van der Waals surface area contributed by atoms with Gasteiger partial charge in [-0.15, -0.1) is 0 Å². The minimum absolute atomic E-state index is 0.183. The van der Waals surface area contributed by atoms with Crippen molar-refractivity contribution in [2.24, 2.45) is 9.98 Å². The van der Waals surface area contributed by atoms with Crippen LogP contribution in [0.25, 0.3) is 5.57 Å². The second-order valence-corrected chi connectivity index (χ2v) is 8.44. The van der Waals surface area contributed by atoms with Crippen molar-refractivity contribution in [3.8, 4) is 5.75 Å². The summed E-state index contributed by atoms with van der Waals surface area (Å²) >= 11 is 0. The Labute approximate surface area is 181 Å². The molecule has 0 bridgehead atoms. The van der Waals surface area contributed by atoms with Gasteiger partial charge in [-0.3, -0.25) is 9.59 Å². The fraction of sp³-hybridized carbons (Fsp3) is 0.333. The van der Waals surface area contributed by atoms with Crippen molar-refractivity contribution in [1.82, 2.24) is 9.80 Å². The highest BCUT2D eigenvalue weighted by Gasteiger charge is 2.35. The third kappa shape index (κ3) is 3.82. The molecular weight excluding hydrogens is 392 g/mol. The van der Waals surface area contributed by atoms with E-state index in [0.29, 0.717) is 47.4 Å². The number of hydrogen-bond donors (Lipinski definition) is 1. The quantitative estimate of drug-likeness (QED) is 0.689. The molecule has 0 atom stereocenters. The van der Waals surface area contributed by atoms with Gasteiger partial charge in [0, 0.05) is 18.3 Å². The number of hydrogen-bond acceptors (Lipinski definition) is 7. The summed E-state index contributed by atoms with van der Waals surface area (Å²) in [7, 11) is 7.92. The van der Waals surface area contributed by atoms with Gasteiger partial charge < -0.3 is 14.9 Å². The number of phenols is 1. The summed E-state index contributed by atoms with van der Waals surface area (Å²) in [6.07, 6.45) is 4.13. The highest BCUT2D eigenvalue weighted by atomic mass is 16.3. The number of allylic oxidation sites excluding steroid dienone is 5. The lowest BCUT2D eigenvalue weighted by molar-refractivity contribution is -0.131. The zero-order valence-electron chi connectivity index (χ0n) is 18.3. The number of aromatic hydroxyl groups is 1. The molecule has 4 rings (SSSR count). The van der Waals surface area contributed by atoms with Crippen LogP contribution in [0.4, 0.5) is 0 Å². The molecule has 1 aromatic rings. The summed E-state index contributed by atoms with van der Waals surface area (Å²) in [5.74, 6) is -0.857. The van der Waals surface area contributed by atoms with Crippen molar-refractivity contribution in [3.05, 3.63) is 63.5 Å². The van der Waals surface area contributed by atoms with E-state index in [0.717, 1.165) is 22.9 Å². The molecule has 2 aliphatic heterocycles. The minimum atomic E-state index is -0.524. The number of nitrogens with zero attached hydrogens (tertiary/aromatic N) is 4. The van der Waals surface area contributed by atoms with Gasteiger partial charge in [-0.1, -0.05) is 6.07 Å². The van der Waals surface area contributed by atoms with Gasteiger partial charge in [0.15, 0.2) is 0 Å². The predicted octanol–water partition coefficient (Wildman–Crippen LogP) is 0.750. The molecule has 0 fully saturated rings. The standard InChI is InChI=1S/C24H26N4O3/c1-27(2)12-10-14-20-16(6-5-7-18(20)29)25-22(14)23-15(11-13-28(3)4)21-17(26-23)8-9-19(30)24(21)31/h5-9,29H,10-13H2,1-4H3. The van der Waals surface area contributed by atoms with E-state index >= 15 is 0 Å². The molecular formula is C24H26N4O3. The lowest BCUT2D eigenvalue weighted by Gasteiger charge is -2.15. The van der Waals surface area contributed by atoms with Gasteiger partial charge in [0.25, 0.3) is 0 Å². The number of benzene rings is 1. The van der Waals surface area contributed by atoms with Crippen LogP contribution in [0, 0.1) is 0 Å². The lowest BCUT2D eigenvalue weighted by atomic mass is 9.91. The van der Waals surface area contributed by atoms with Gasteiger partial charge in [0.1, 0.15) is 5.75 Å². The third-order valence-electron chi connectivity index (χ3n) is 5.60. The van der Waals surface area contributed by atoms with Gasteiger partial charge in [-0.2, -0.15) is 0 Å². The van der Waals surface area contributed by atoms with E-state index in [1.165, 1.54) is 6.08 Å². The summed E-state index contributed by atoms with van der Waals surface area (Å²) in [5.41, 5.74) is 3.87. The van der Waals surface area contributed by atoms with Crippen molar-refractivity contribution >= 4 is 22.9 Å². The van der Waals surface area contributed by atoms with E-state index in [9.17, 15) is 14.7 Å². The smallest absolute Gasteiger partial charge is 0.235 e. The van der Waals surface area contributed by atoms with Crippen molar-refractivity contribution in [2.45, 2.75) is 12.8 Å². The molecule has 3 aliphatic rings. The molecule has 160 valence electrons. The first-order valence-corrected chi connectivity index (χ1v) is 10.3. The third-order valence-corrected chi connectivity index (χ3v) is 5.60. The summed E-state index contributed by atoms with van der Waals surface area (Å²) in [6.45, 7) is 1.47. The Kier molecular flexibility index (Phi) is 5.56. The summed E-state index contributed by atoms with van der Waals surface area (Å²) in [4.78, 5) is 38.5. The van der Waals surface area contributed by atoms with Crippen molar-refractivity contribution in [1.29, 1.82) is 0 Å². The second kappa shape index (κ2) is 8.17. The van der Waals surface area contributed by atoms with Gasteiger partial charge in [-0.25, -0.2) is 9.98 Å². The fourth-order valence-electron chi connectivity index (χ4n) is 4.03. The molecule has 7 heteroatoms. The summed E-state index contributed by atoms with van der Waals surface area (Å²) in [6, 6.07) is 5.30. The van der Waals surface area contributed by atoms with E-state index in [1.807, 2.05) is 39.2 Å². The predicted molar refractivity (Wildman–Crippen MR) is 119 cm³/mol. The molecule has 0 spiro atoms. The van der Waals surface area contributed by atoms with E-state index in [4.69, 9.17) is 9.98 Å². The molecule has 7 nitrogen and oxygen atoms in total. The molecule has 0 aromatic heterocycles. The first-order valence-electron chi connectivity index (χ1n) is 10.3. The highest BCUT2D eigenvalue weighted by Crippen LogP contribution is 2.37. The Morgan fingerprint density at radius 1 is 0.871 bits per heavy atom. The Morgan fingerprint density at radius 3 is 2.19 bits per heavy atom. The van der Waals surface area contributed by atoms with Crippen LogP contribution in [0.3, 0.4) is 0 Å². The number of phenolic OH excluding ortho intramolecular Hbond substituents is 1.